The molecule has 1 heterocycles. The molecule has 30 heavy (non-hydrogen) atoms. The Morgan fingerprint density at radius 3 is 2.73 bits per heavy atom. The molecule has 1 aliphatic carbocycles. The van der Waals surface area contributed by atoms with Crippen LogP contribution in [0.5, 0.6) is 11.5 Å². The summed E-state index contributed by atoms with van der Waals surface area (Å²) in [5.74, 6) is 2.15. The lowest BCUT2D eigenvalue weighted by molar-refractivity contribution is -0.135. The smallest absolute Gasteiger partial charge is 0.225 e. The van der Waals surface area contributed by atoms with Gasteiger partial charge in [-0.1, -0.05) is 19.3 Å². The van der Waals surface area contributed by atoms with E-state index in [2.05, 4.69) is 15.6 Å². The van der Waals surface area contributed by atoms with Crippen molar-refractivity contribution in [2.24, 2.45) is 10.9 Å². The lowest BCUT2D eigenvalue weighted by Gasteiger charge is -2.26. The molecule has 0 radical (unpaired) electrons. The summed E-state index contributed by atoms with van der Waals surface area (Å²) in [6, 6.07) is 5.33. The lowest BCUT2D eigenvalue weighted by Crippen LogP contribution is -2.45. The largest absolute Gasteiger partial charge is 0.508 e. The topological polar surface area (TPSA) is 86.2 Å². The maximum Gasteiger partial charge on any atom is 0.225 e. The molecule has 0 bridgehead atoms. The van der Waals surface area contributed by atoms with Crippen molar-refractivity contribution in [2.75, 3.05) is 26.7 Å². The Kier molecular flexibility index (Phi) is 10.0. The second kappa shape index (κ2) is 12.2. The second-order valence-corrected chi connectivity index (χ2v) is 7.94. The number of phenolic OH excluding ortho intramolecular Hbond substituents is 1. The zero-order chi connectivity index (χ0) is 20.6. The van der Waals surface area contributed by atoms with Crippen molar-refractivity contribution in [3.63, 3.8) is 0 Å². The average Bonchev–Trinajstić information content (AvgIpc) is 3.21. The highest BCUT2D eigenvalue weighted by Crippen LogP contribution is 2.27. The highest BCUT2D eigenvalue weighted by Gasteiger charge is 2.31. The van der Waals surface area contributed by atoms with Crippen LogP contribution in [0.15, 0.2) is 23.2 Å². The van der Waals surface area contributed by atoms with Gasteiger partial charge in [-0.3, -0.25) is 4.79 Å². The minimum atomic E-state index is 0. The van der Waals surface area contributed by atoms with Crippen LogP contribution in [0.4, 0.5) is 0 Å². The normalized spacial score (nSPS) is 19.9. The Balaban J connectivity index is 0.00000320. The van der Waals surface area contributed by atoms with E-state index in [0.717, 1.165) is 38.9 Å². The molecule has 1 unspecified atom stereocenters. The fraction of sp³-hybridized carbons (Fsp3) is 0.636. The van der Waals surface area contributed by atoms with Gasteiger partial charge in [0.2, 0.25) is 5.91 Å². The van der Waals surface area contributed by atoms with Crippen molar-refractivity contribution in [3.8, 4) is 11.5 Å². The molecule has 0 spiro atoms. The number of nitrogens with one attached hydrogen (secondary N) is 2. The van der Waals surface area contributed by atoms with Crippen molar-refractivity contribution in [1.29, 1.82) is 0 Å². The molecule has 1 aliphatic heterocycles. The number of carbonyl (C=O) groups excluding carboxylic acids is 1. The number of ether oxygens (including phenoxy) is 1. The van der Waals surface area contributed by atoms with Gasteiger partial charge >= 0.3 is 0 Å². The molecular formula is C22H35IN4O3. The molecule has 168 valence electrons. The van der Waals surface area contributed by atoms with Crippen molar-refractivity contribution < 1.29 is 14.6 Å². The van der Waals surface area contributed by atoms with E-state index in [1.807, 2.05) is 11.8 Å². The first-order valence-electron chi connectivity index (χ1n) is 10.8. The summed E-state index contributed by atoms with van der Waals surface area (Å²) in [5.41, 5.74) is 0.710. The molecule has 1 aromatic rings. The number of aromatic hydroxyl groups is 1. The van der Waals surface area contributed by atoms with E-state index in [0.29, 0.717) is 29.7 Å². The van der Waals surface area contributed by atoms with Gasteiger partial charge in [0, 0.05) is 37.2 Å². The van der Waals surface area contributed by atoms with E-state index in [4.69, 9.17) is 4.74 Å². The fourth-order valence-corrected chi connectivity index (χ4v) is 4.18. The molecule has 2 aliphatic rings. The zero-order valence-electron chi connectivity index (χ0n) is 18.0. The predicted molar refractivity (Wildman–Crippen MR) is 130 cm³/mol. The number of hydrogen-bond donors (Lipinski definition) is 3. The van der Waals surface area contributed by atoms with Crippen LogP contribution < -0.4 is 15.4 Å². The van der Waals surface area contributed by atoms with Crippen LogP contribution in [0, 0.1) is 5.92 Å². The van der Waals surface area contributed by atoms with E-state index < -0.39 is 0 Å². The van der Waals surface area contributed by atoms with E-state index in [1.54, 1.807) is 25.3 Å². The Morgan fingerprint density at radius 1 is 1.27 bits per heavy atom. The molecular weight excluding hydrogens is 495 g/mol. The number of methoxy groups -OCH3 is 1. The SMILES string of the molecule is CCNC(=NCc1cc(OC)ccc1O)NC1CCN(C(=O)C2CCCCC2)C1.I. The monoisotopic (exact) mass is 530 g/mol. The summed E-state index contributed by atoms with van der Waals surface area (Å²) < 4.78 is 5.23. The molecule has 1 atom stereocenters. The van der Waals surface area contributed by atoms with Gasteiger partial charge in [-0.2, -0.15) is 0 Å². The molecule has 0 aromatic heterocycles. The quantitative estimate of drug-likeness (QED) is 0.299. The second-order valence-electron chi connectivity index (χ2n) is 7.94. The maximum absolute atomic E-state index is 12.8. The summed E-state index contributed by atoms with van der Waals surface area (Å²) in [5, 5.41) is 16.8. The Labute approximate surface area is 196 Å². The molecule has 1 saturated carbocycles. The number of halogens is 1. The third kappa shape index (κ3) is 6.65. The number of benzene rings is 1. The first-order chi connectivity index (χ1) is 14.1. The van der Waals surface area contributed by atoms with Gasteiger partial charge < -0.3 is 25.4 Å². The first kappa shape index (κ1) is 24.6. The van der Waals surface area contributed by atoms with Gasteiger partial charge in [0.1, 0.15) is 11.5 Å². The van der Waals surface area contributed by atoms with Crippen LogP contribution >= 0.6 is 24.0 Å². The standard InChI is InChI=1S/C22H34N4O3.HI/c1-3-23-22(24-14-17-13-19(29-2)9-10-20(17)27)25-18-11-12-26(15-18)21(28)16-7-5-4-6-8-16;/h9-10,13,16,18,27H,3-8,11-12,14-15H2,1-2H3,(H2,23,24,25);1H. The van der Waals surface area contributed by atoms with Gasteiger partial charge in [0.15, 0.2) is 5.96 Å². The summed E-state index contributed by atoms with van der Waals surface area (Å²) in [7, 11) is 1.60. The summed E-state index contributed by atoms with van der Waals surface area (Å²) in [4.78, 5) is 19.4. The van der Waals surface area contributed by atoms with Gasteiger partial charge in [-0.05, 0) is 44.4 Å². The van der Waals surface area contributed by atoms with Crippen molar-refractivity contribution >= 4 is 35.8 Å². The number of phenols is 1. The number of amides is 1. The lowest BCUT2D eigenvalue weighted by atomic mass is 9.88. The maximum atomic E-state index is 12.8. The van der Waals surface area contributed by atoms with Gasteiger partial charge in [0.05, 0.1) is 13.7 Å². The number of aliphatic imine (C=N–C) groups is 1. The Hall–Kier alpha value is -1.71. The molecule has 1 aromatic carbocycles. The molecule has 2 fully saturated rings. The van der Waals surface area contributed by atoms with E-state index in [-0.39, 0.29) is 41.7 Å². The van der Waals surface area contributed by atoms with Crippen LogP contribution in [-0.4, -0.2) is 54.7 Å². The third-order valence-electron chi connectivity index (χ3n) is 5.83. The molecule has 7 nitrogen and oxygen atoms in total. The van der Waals surface area contributed by atoms with Gasteiger partial charge in [-0.25, -0.2) is 4.99 Å². The minimum Gasteiger partial charge on any atom is -0.508 e. The van der Waals surface area contributed by atoms with Gasteiger partial charge in [0.25, 0.3) is 0 Å². The van der Waals surface area contributed by atoms with E-state index in [1.165, 1.54) is 19.3 Å². The Morgan fingerprint density at radius 2 is 2.03 bits per heavy atom. The van der Waals surface area contributed by atoms with Crippen LogP contribution in [0.3, 0.4) is 0 Å². The minimum absolute atomic E-state index is 0. The average molecular weight is 530 g/mol. The molecule has 1 saturated heterocycles. The number of rotatable bonds is 6. The summed E-state index contributed by atoms with van der Waals surface area (Å²) in [6.45, 7) is 4.64. The van der Waals surface area contributed by atoms with E-state index >= 15 is 0 Å². The van der Waals surface area contributed by atoms with Gasteiger partial charge in [-0.15, -0.1) is 24.0 Å². The molecule has 3 N–H and O–H groups in total. The summed E-state index contributed by atoms with van der Waals surface area (Å²) >= 11 is 0. The number of carbonyl (C=O) groups is 1. The third-order valence-corrected chi connectivity index (χ3v) is 5.83. The Bertz CT molecular complexity index is 722. The number of likely N-dealkylation sites (tertiary alicyclic amines) is 1. The fourth-order valence-electron chi connectivity index (χ4n) is 4.18. The van der Waals surface area contributed by atoms with Crippen LogP contribution in [-0.2, 0) is 11.3 Å². The highest BCUT2D eigenvalue weighted by molar-refractivity contribution is 14.0. The summed E-state index contributed by atoms with van der Waals surface area (Å²) in [6.07, 6.45) is 6.64. The highest BCUT2D eigenvalue weighted by atomic mass is 127. The van der Waals surface area contributed by atoms with Crippen LogP contribution in [0.25, 0.3) is 0 Å². The number of hydrogen-bond acceptors (Lipinski definition) is 4. The van der Waals surface area contributed by atoms with Crippen LogP contribution in [0.1, 0.15) is 51.0 Å². The first-order valence-corrected chi connectivity index (χ1v) is 10.8. The number of guanidine groups is 1. The predicted octanol–water partition coefficient (Wildman–Crippen LogP) is 3.26. The zero-order valence-corrected chi connectivity index (χ0v) is 20.4. The van der Waals surface area contributed by atoms with Crippen molar-refractivity contribution in [3.05, 3.63) is 23.8 Å². The van der Waals surface area contributed by atoms with Crippen molar-refractivity contribution in [2.45, 2.75) is 58.0 Å². The van der Waals surface area contributed by atoms with Crippen LogP contribution in [0.2, 0.25) is 0 Å². The van der Waals surface area contributed by atoms with E-state index in [9.17, 15) is 9.90 Å². The molecule has 1 amide bonds. The van der Waals surface area contributed by atoms with Crippen molar-refractivity contribution in [1.82, 2.24) is 15.5 Å². The number of nitrogens with zero attached hydrogens (tertiary/aromatic N) is 2. The molecule has 3 rings (SSSR count). The molecule has 8 heteroatoms.